The molecule has 0 aliphatic heterocycles. The molecule has 0 aromatic rings. The van der Waals surface area contributed by atoms with Crippen molar-refractivity contribution < 1.29 is 19.4 Å². The summed E-state index contributed by atoms with van der Waals surface area (Å²) in [7, 11) is 0. The smallest absolute Gasteiger partial charge is 0.342 e. The molecule has 2 unspecified atom stereocenters. The van der Waals surface area contributed by atoms with E-state index in [0.29, 0.717) is 13.0 Å². The zero-order valence-corrected chi connectivity index (χ0v) is 9.63. The van der Waals surface area contributed by atoms with Crippen LogP contribution in [-0.4, -0.2) is 41.7 Å². The van der Waals surface area contributed by atoms with Crippen molar-refractivity contribution in [2.75, 3.05) is 6.54 Å². The Bertz CT molecular complexity index is 299. The fraction of sp³-hybridized carbons (Fsp3) is 0.667. The van der Waals surface area contributed by atoms with Gasteiger partial charge in [0.05, 0.1) is 0 Å². The van der Waals surface area contributed by atoms with Crippen molar-refractivity contribution in [1.82, 2.24) is 0 Å². The van der Waals surface area contributed by atoms with Gasteiger partial charge in [0.25, 0.3) is 0 Å². The first-order chi connectivity index (χ1) is 7.84. The first-order valence-electron chi connectivity index (χ1n) is 5.09. The van der Waals surface area contributed by atoms with Crippen molar-refractivity contribution >= 4 is 17.9 Å². The van der Waals surface area contributed by atoms with Gasteiger partial charge in [-0.05, 0) is 19.8 Å². The first kappa shape index (κ1) is 15.3. The third-order valence-electron chi connectivity index (χ3n) is 1.81. The molecule has 0 fully saturated rings. The van der Waals surface area contributed by atoms with Gasteiger partial charge in [-0.2, -0.15) is 0 Å². The number of rotatable bonds is 6. The summed E-state index contributed by atoms with van der Waals surface area (Å²) < 4.78 is 4.31. The molecule has 0 aliphatic rings. The van der Waals surface area contributed by atoms with Crippen LogP contribution in [0.25, 0.3) is 0 Å². The minimum Gasteiger partial charge on any atom is -0.390 e. The van der Waals surface area contributed by atoms with Crippen LogP contribution in [0.5, 0.6) is 0 Å². The van der Waals surface area contributed by atoms with Crippen molar-refractivity contribution in [3.63, 3.8) is 0 Å². The predicted molar refractivity (Wildman–Crippen MR) is 60.7 cm³/mol. The average Bonchev–Trinajstić information content (AvgIpc) is 2.23. The molecule has 0 bridgehead atoms. The Hall–Kier alpha value is -1.67. The zero-order valence-electron chi connectivity index (χ0n) is 9.63. The molecule has 0 saturated heterocycles. The second-order valence-electron chi connectivity index (χ2n) is 3.47. The number of esters is 2. The lowest BCUT2D eigenvalue weighted by atomic mass is 10.2. The second-order valence-corrected chi connectivity index (χ2v) is 3.47. The second kappa shape index (κ2) is 7.58. The van der Waals surface area contributed by atoms with Gasteiger partial charge >= 0.3 is 11.9 Å². The highest BCUT2D eigenvalue weighted by atomic mass is 16.6. The van der Waals surface area contributed by atoms with Crippen LogP contribution in [0.4, 0.5) is 0 Å². The minimum atomic E-state index is -1.35. The van der Waals surface area contributed by atoms with E-state index in [4.69, 9.17) is 22.3 Å². The lowest BCUT2D eigenvalue weighted by Gasteiger charge is -2.10. The zero-order chi connectivity index (χ0) is 13.4. The molecule has 2 atom stereocenters. The van der Waals surface area contributed by atoms with Crippen LogP contribution in [0.3, 0.4) is 0 Å². The monoisotopic (exact) mass is 246 g/mol. The van der Waals surface area contributed by atoms with E-state index < -0.39 is 24.1 Å². The Labute approximate surface area is 98.8 Å². The van der Waals surface area contributed by atoms with E-state index in [2.05, 4.69) is 9.73 Å². The van der Waals surface area contributed by atoms with Crippen molar-refractivity contribution in [2.24, 2.45) is 22.2 Å². The molecule has 0 aliphatic carbocycles. The van der Waals surface area contributed by atoms with E-state index >= 15 is 0 Å². The van der Waals surface area contributed by atoms with Crippen LogP contribution < -0.4 is 17.2 Å². The number of nitrogens with two attached hydrogens (primary N) is 3. The molecular weight excluding hydrogens is 228 g/mol. The number of ether oxygens (including phenoxy) is 1. The molecule has 0 spiro atoms. The summed E-state index contributed by atoms with van der Waals surface area (Å²) in [5.74, 6) is -1.93. The van der Waals surface area contributed by atoms with E-state index in [-0.39, 0.29) is 12.4 Å². The quantitative estimate of drug-likeness (QED) is 0.136. The predicted octanol–water partition coefficient (Wildman–Crippen LogP) is -2.18. The number of carbonyl (C=O) groups is 2. The molecule has 8 nitrogen and oxygen atoms in total. The summed E-state index contributed by atoms with van der Waals surface area (Å²) in [6.45, 7) is 1.54. The molecule has 0 aromatic carbocycles. The number of nitrogens with zero attached hydrogens (tertiary/aromatic N) is 1. The Kier molecular flexibility index (Phi) is 6.83. The molecule has 0 aromatic heterocycles. The fourth-order valence-electron chi connectivity index (χ4n) is 0.897. The van der Waals surface area contributed by atoms with E-state index in [9.17, 15) is 9.59 Å². The van der Waals surface area contributed by atoms with Gasteiger partial charge < -0.3 is 27.0 Å². The van der Waals surface area contributed by atoms with Gasteiger partial charge in [0, 0.05) is 6.54 Å². The number of aliphatic imine (C=N–C) groups is 1. The summed E-state index contributed by atoms with van der Waals surface area (Å²) in [6, 6.07) is -0.938. The summed E-state index contributed by atoms with van der Waals surface area (Å²) in [5, 5.41) is 8.81. The lowest BCUT2D eigenvalue weighted by Crippen LogP contribution is -2.36. The standard InChI is InChI=1S/C9H18N4O4/c1-5(14)7(15)17-8(16)6(10)3-2-4-13-9(11)12/h5-6,14H,2-4,10H2,1H3,(H4,11,12,13). The lowest BCUT2D eigenvalue weighted by molar-refractivity contribution is -0.166. The maximum Gasteiger partial charge on any atom is 0.342 e. The molecule has 7 N–H and O–H groups in total. The molecule has 0 saturated carbocycles. The molecule has 0 rings (SSSR count). The third-order valence-corrected chi connectivity index (χ3v) is 1.81. The van der Waals surface area contributed by atoms with Gasteiger partial charge in [0.2, 0.25) is 0 Å². The number of aliphatic hydroxyl groups excluding tert-OH is 1. The molecule has 8 heteroatoms. The highest BCUT2D eigenvalue weighted by Gasteiger charge is 2.20. The van der Waals surface area contributed by atoms with Crippen molar-refractivity contribution in [3.8, 4) is 0 Å². The Morgan fingerprint density at radius 1 is 1.35 bits per heavy atom. The SMILES string of the molecule is CC(O)C(=O)OC(=O)C(N)CCCN=C(N)N. The van der Waals surface area contributed by atoms with Gasteiger partial charge in [0.15, 0.2) is 5.96 Å². The van der Waals surface area contributed by atoms with Crippen molar-refractivity contribution in [3.05, 3.63) is 0 Å². The van der Waals surface area contributed by atoms with Crippen LogP contribution in [0, 0.1) is 0 Å². The van der Waals surface area contributed by atoms with Crippen LogP contribution in [-0.2, 0) is 14.3 Å². The van der Waals surface area contributed by atoms with Gasteiger partial charge in [-0.25, -0.2) is 9.59 Å². The van der Waals surface area contributed by atoms with Crippen LogP contribution >= 0.6 is 0 Å². The third kappa shape index (κ3) is 7.25. The molecule has 0 radical (unpaired) electrons. The van der Waals surface area contributed by atoms with E-state index in [1.165, 1.54) is 6.92 Å². The number of hydrogen-bond acceptors (Lipinski definition) is 6. The molecular formula is C9H18N4O4. The highest BCUT2D eigenvalue weighted by Crippen LogP contribution is 1.99. The number of carbonyl (C=O) groups excluding carboxylic acids is 2. The van der Waals surface area contributed by atoms with Crippen LogP contribution in [0.15, 0.2) is 4.99 Å². The Morgan fingerprint density at radius 2 is 1.94 bits per heavy atom. The summed E-state index contributed by atoms with van der Waals surface area (Å²) in [5.41, 5.74) is 15.7. The van der Waals surface area contributed by atoms with E-state index in [1.807, 2.05) is 0 Å². The van der Waals surface area contributed by atoms with Gasteiger partial charge in [-0.1, -0.05) is 0 Å². The number of guanidine groups is 1. The van der Waals surface area contributed by atoms with Crippen molar-refractivity contribution in [1.29, 1.82) is 0 Å². The minimum absolute atomic E-state index is 0.0366. The normalized spacial score (nSPS) is 13.6. The first-order valence-corrected chi connectivity index (χ1v) is 5.09. The summed E-state index contributed by atoms with van der Waals surface area (Å²) in [6.07, 6.45) is -0.590. The maximum absolute atomic E-state index is 11.2. The average molecular weight is 246 g/mol. The molecule has 0 amide bonds. The van der Waals surface area contributed by atoms with Gasteiger partial charge in [-0.3, -0.25) is 4.99 Å². The van der Waals surface area contributed by atoms with Crippen molar-refractivity contribution in [2.45, 2.75) is 31.9 Å². The Morgan fingerprint density at radius 3 is 2.41 bits per heavy atom. The number of aliphatic hydroxyl groups is 1. The fourth-order valence-corrected chi connectivity index (χ4v) is 0.897. The molecule has 17 heavy (non-hydrogen) atoms. The van der Waals surface area contributed by atoms with E-state index in [1.54, 1.807) is 0 Å². The number of hydrogen-bond donors (Lipinski definition) is 4. The topological polar surface area (TPSA) is 154 Å². The molecule has 98 valence electrons. The van der Waals surface area contributed by atoms with Crippen LogP contribution in [0.2, 0.25) is 0 Å². The Balaban J connectivity index is 3.90. The van der Waals surface area contributed by atoms with Crippen LogP contribution in [0.1, 0.15) is 19.8 Å². The van der Waals surface area contributed by atoms with E-state index in [0.717, 1.165) is 0 Å². The summed E-state index contributed by atoms with van der Waals surface area (Å²) >= 11 is 0. The highest BCUT2D eigenvalue weighted by molar-refractivity contribution is 5.89. The van der Waals surface area contributed by atoms with Gasteiger partial charge in [-0.15, -0.1) is 0 Å². The maximum atomic E-state index is 11.2. The summed E-state index contributed by atoms with van der Waals surface area (Å²) in [4.78, 5) is 25.8. The van der Waals surface area contributed by atoms with Gasteiger partial charge in [0.1, 0.15) is 12.1 Å². The molecule has 0 heterocycles. The largest absolute Gasteiger partial charge is 0.390 e.